The molecule has 0 saturated carbocycles. The normalized spacial score (nSPS) is 12.0. The Labute approximate surface area is 256 Å². The van der Waals surface area contributed by atoms with Crippen molar-refractivity contribution >= 4 is 67.9 Å². The molecule has 0 fully saturated rings. The van der Waals surface area contributed by atoms with Crippen LogP contribution in [0.25, 0.3) is 16.3 Å². The van der Waals surface area contributed by atoms with E-state index in [0.717, 1.165) is 20.7 Å². The topological polar surface area (TPSA) is 100 Å². The molecule has 1 aromatic heterocycles. The molecule has 216 valence electrons. The van der Waals surface area contributed by atoms with Gasteiger partial charge in [-0.05, 0) is 85.6 Å². The Morgan fingerprint density at radius 2 is 1.67 bits per heavy atom. The summed E-state index contributed by atoms with van der Waals surface area (Å²) >= 11 is 2.76. The fourth-order valence-electron chi connectivity index (χ4n) is 4.06. The Hall–Kier alpha value is -4.80. The van der Waals surface area contributed by atoms with Crippen LogP contribution in [0.5, 0.6) is 0 Å². The van der Waals surface area contributed by atoms with Gasteiger partial charge in [0.2, 0.25) is 5.91 Å². The lowest BCUT2D eigenvalue weighted by Crippen LogP contribution is -2.30. The summed E-state index contributed by atoms with van der Waals surface area (Å²) in [5.74, 6) is -1.63. The number of aryl methyl sites for hydroxylation is 1. The first-order chi connectivity index (χ1) is 20.7. The van der Waals surface area contributed by atoms with Gasteiger partial charge in [-0.15, -0.1) is 11.8 Å². The van der Waals surface area contributed by atoms with E-state index in [9.17, 15) is 18.8 Å². The zero-order valence-electron chi connectivity index (χ0n) is 23.3. The van der Waals surface area contributed by atoms with Gasteiger partial charge in [0.1, 0.15) is 11.5 Å². The number of carbonyl (C=O) groups excluding carboxylic acids is 3. The number of nitrogens with one attached hydrogen (secondary N) is 3. The summed E-state index contributed by atoms with van der Waals surface area (Å²) in [5, 5.41) is 8.47. The number of fused-ring (bicyclic) bond motifs is 1. The van der Waals surface area contributed by atoms with Crippen molar-refractivity contribution in [3.05, 3.63) is 125 Å². The molecule has 3 amide bonds. The van der Waals surface area contributed by atoms with E-state index in [1.165, 1.54) is 53.4 Å². The van der Waals surface area contributed by atoms with Crippen molar-refractivity contribution in [3.63, 3.8) is 0 Å². The van der Waals surface area contributed by atoms with Crippen molar-refractivity contribution in [2.75, 3.05) is 10.6 Å². The van der Waals surface area contributed by atoms with E-state index in [1.54, 1.807) is 55.5 Å². The summed E-state index contributed by atoms with van der Waals surface area (Å²) in [4.78, 5) is 44.4. The molecule has 3 N–H and O–H groups in total. The van der Waals surface area contributed by atoms with E-state index in [1.807, 2.05) is 31.2 Å². The van der Waals surface area contributed by atoms with Crippen LogP contribution in [-0.4, -0.2) is 28.0 Å². The smallest absolute Gasteiger partial charge is 0.272 e. The number of hydrogen-bond acceptors (Lipinski definition) is 6. The zero-order valence-corrected chi connectivity index (χ0v) is 24.9. The highest BCUT2D eigenvalue weighted by atomic mass is 32.2. The Morgan fingerprint density at radius 3 is 2.44 bits per heavy atom. The second-order valence-electron chi connectivity index (χ2n) is 9.65. The molecular formula is C33H27FN4O3S2. The van der Waals surface area contributed by atoms with E-state index in [4.69, 9.17) is 0 Å². The highest BCUT2D eigenvalue weighted by Crippen LogP contribution is 2.30. The number of benzene rings is 4. The lowest BCUT2D eigenvalue weighted by Gasteiger charge is -2.13. The quantitative estimate of drug-likeness (QED) is 0.120. The molecule has 0 aliphatic heterocycles. The molecule has 10 heteroatoms. The molecule has 1 atom stereocenters. The Balaban J connectivity index is 1.27. The summed E-state index contributed by atoms with van der Waals surface area (Å²) in [6.07, 6.45) is 1.48. The number of hydrogen-bond donors (Lipinski definition) is 3. The third-order valence-electron chi connectivity index (χ3n) is 6.26. The molecule has 5 rings (SSSR count). The van der Waals surface area contributed by atoms with Gasteiger partial charge in [-0.25, -0.2) is 9.37 Å². The van der Waals surface area contributed by atoms with Gasteiger partial charge >= 0.3 is 0 Å². The van der Waals surface area contributed by atoms with Gasteiger partial charge in [0.15, 0.2) is 5.13 Å². The summed E-state index contributed by atoms with van der Waals surface area (Å²) in [7, 11) is 0. The van der Waals surface area contributed by atoms with Crippen LogP contribution in [0, 0.1) is 12.7 Å². The Morgan fingerprint density at radius 1 is 0.907 bits per heavy atom. The number of aromatic nitrogens is 1. The number of amides is 3. The molecule has 7 nitrogen and oxygen atoms in total. The van der Waals surface area contributed by atoms with Crippen molar-refractivity contribution in [1.82, 2.24) is 10.3 Å². The first-order valence-corrected chi connectivity index (χ1v) is 15.0. The molecule has 0 aliphatic rings. The van der Waals surface area contributed by atoms with Crippen molar-refractivity contribution in [1.29, 1.82) is 0 Å². The minimum Gasteiger partial charge on any atom is -0.321 e. The van der Waals surface area contributed by atoms with Gasteiger partial charge in [-0.1, -0.05) is 53.8 Å². The highest BCUT2D eigenvalue weighted by molar-refractivity contribution is 8.00. The van der Waals surface area contributed by atoms with Gasteiger partial charge in [-0.3, -0.25) is 14.4 Å². The maximum absolute atomic E-state index is 13.4. The van der Waals surface area contributed by atoms with Crippen LogP contribution in [0.3, 0.4) is 0 Å². The van der Waals surface area contributed by atoms with Gasteiger partial charge in [0, 0.05) is 16.1 Å². The molecule has 5 aromatic rings. The fourth-order valence-corrected chi connectivity index (χ4v) is 5.96. The van der Waals surface area contributed by atoms with Gasteiger partial charge in [-0.2, -0.15) is 0 Å². The standard InChI is InChI=1S/C33H27FN4O3S2/c1-20-11-16-27-29(17-20)43-33(37-27)38-30(39)21(2)42-26-10-6-9-25(19-26)35-32(41)28(18-22-12-14-24(34)15-13-22)36-31(40)23-7-4-3-5-8-23/h3-19,21H,1-2H3,(H,35,41)(H,36,40)(H,37,38,39)/b28-18-. The predicted octanol–water partition coefficient (Wildman–Crippen LogP) is 7.27. The number of anilines is 2. The lowest BCUT2D eigenvalue weighted by molar-refractivity contribution is -0.115. The summed E-state index contributed by atoms with van der Waals surface area (Å²) < 4.78 is 14.5. The van der Waals surface area contributed by atoms with Gasteiger partial charge < -0.3 is 16.0 Å². The molecule has 43 heavy (non-hydrogen) atoms. The maximum Gasteiger partial charge on any atom is 0.272 e. The Bertz CT molecular complexity index is 1820. The maximum atomic E-state index is 13.4. The van der Waals surface area contributed by atoms with E-state index in [-0.39, 0.29) is 11.6 Å². The number of thioether (sulfide) groups is 1. The van der Waals surface area contributed by atoms with Crippen molar-refractivity contribution in [2.24, 2.45) is 0 Å². The zero-order chi connectivity index (χ0) is 30.3. The van der Waals surface area contributed by atoms with Crippen LogP contribution in [0.15, 0.2) is 108 Å². The van der Waals surface area contributed by atoms with Crippen LogP contribution >= 0.6 is 23.1 Å². The fraction of sp³-hybridized carbons (Fsp3) is 0.0909. The van der Waals surface area contributed by atoms with E-state index >= 15 is 0 Å². The molecule has 1 unspecified atom stereocenters. The third kappa shape index (κ3) is 7.94. The average Bonchev–Trinajstić information content (AvgIpc) is 3.39. The largest absolute Gasteiger partial charge is 0.321 e. The lowest BCUT2D eigenvalue weighted by atomic mass is 10.1. The Kier molecular flexibility index (Phi) is 9.29. The molecule has 0 radical (unpaired) electrons. The van der Waals surface area contributed by atoms with Crippen LogP contribution in [0.1, 0.15) is 28.4 Å². The van der Waals surface area contributed by atoms with Crippen LogP contribution in [0.2, 0.25) is 0 Å². The minimum absolute atomic E-state index is 0.0164. The molecule has 1 heterocycles. The first-order valence-electron chi connectivity index (χ1n) is 13.3. The van der Waals surface area contributed by atoms with Crippen LogP contribution in [-0.2, 0) is 9.59 Å². The van der Waals surface area contributed by atoms with Gasteiger partial charge in [0.25, 0.3) is 11.8 Å². The molecular weight excluding hydrogens is 584 g/mol. The molecule has 0 bridgehead atoms. The number of rotatable bonds is 9. The number of carbonyl (C=O) groups is 3. The van der Waals surface area contributed by atoms with E-state index in [0.29, 0.717) is 21.9 Å². The van der Waals surface area contributed by atoms with Gasteiger partial charge in [0.05, 0.1) is 15.5 Å². The van der Waals surface area contributed by atoms with Crippen molar-refractivity contribution in [2.45, 2.75) is 24.0 Å². The molecule has 4 aromatic carbocycles. The van der Waals surface area contributed by atoms with Crippen molar-refractivity contribution in [3.8, 4) is 0 Å². The number of halogens is 1. The highest BCUT2D eigenvalue weighted by Gasteiger charge is 2.18. The first kappa shape index (κ1) is 29.7. The second kappa shape index (κ2) is 13.5. The van der Waals surface area contributed by atoms with Crippen molar-refractivity contribution < 1.29 is 18.8 Å². The summed E-state index contributed by atoms with van der Waals surface area (Å²) in [6.45, 7) is 3.81. The summed E-state index contributed by atoms with van der Waals surface area (Å²) in [6, 6.07) is 27.1. The second-order valence-corrected chi connectivity index (χ2v) is 12.1. The summed E-state index contributed by atoms with van der Waals surface area (Å²) in [5.41, 5.74) is 3.34. The SMILES string of the molecule is Cc1ccc2nc(NC(=O)C(C)Sc3cccc(NC(=O)/C(=C/c4ccc(F)cc4)NC(=O)c4ccccc4)c3)sc2c1. The average molecular weight is 611 g/mol. The minimum atomic E-state index is -0.562. The number of nitrogens with zero attached hydrogens (tertiary/aromatic N) is 1. The van der Waals surface area contributed by atoms with Crippen LogP contribution < -0.4 is 16.0 Å². The number of thiazole rings is 1. The van der Waals surface area contributed by atoms with E-state index in [2.05, 4.69) is 20.9 Å². The third-order valence-corrected chi connectivity index (χ3v) is 8.29. The molecule has 0 spiro atoms. The van der Waals surface area contributed by atoms with E-state index < -0.39 is 22.9 Å². The molecule has 0 aliphatic carbocycles. The monoisotopic (exact) mass is 610 g/mol. The van der Waals surface area contributed by atoms with Crippen LogP contribution in [0.4, 0.5) is 15.2 Å². The predicted molar refractivity (Wildman–Crippen MR) is 172 cm³/mol. The molecule has 0 saturated heterocycles.